The van der Waals surface area contributed by atoms with Crippen LogP contribution in [-0.2, 0) is 4.57 Å². The molecule has 0 spiro atoms. The molecule has 11 heteroatoms. The Kier molecular flexibility index (Phi) is 19.7. The summed E-state index contributed by atoms with van der Waals surface area (Å²) in [6.45, 7) is 0. The van der Waals surface area contributed by atoms with E-state index in [1.54, 1.807) is 0 Å². The SMILES string of the molecule is O=P(c1ccccc1)(c1ccccc1)c1ccc(-c2ccc3c(c2)c2c4ccccc4ccc2c2nc4ccccc4n32)cc1.c1cc(-c2ccc3c(c2)c2c4ccccc4ccc2c2nc4ccccc4n32)cc(-c2cc3c4ccccc4c4ccccc4c3c3ccccc23)c1.c1ccc(-c2nc(-c3ccccc3)nc(-c3ccc(-c4ccc5c(c4)c4c6ccccc6ccc4c4nc6ccccc6n54)cc3)n2)cc1. The average molecular weight is 1890 g/mol. The van der Waals surface area contributed by atoms with Crippen LogP contribution in [0.4, 0.5) is 0 Å². The normalized spacial score (nSPS) is 12.0. The molecule has 0 amide bonds. The number of fused-ring (bicyclic) bond motifs is 38. The number of benzene rings is 24. The van der Waals surface area contributed by atoms with Crippen LogP contribution in [0.1, 0.15) is 0 Å². The van der Waals surface area contributed by atoms with Crippen molar-refractivity contribution in [1.29, 1.82) is 0 Å². The minimum absolute atomic E-state index is 0.643. The van der Waals surface area contributed by atoms with E-state index in [9.17, 15) is 4.57 Å². The number of nitrogens with zero attached hydrogens (tertiary/aromatic N) is 9. The van der Waals surface area contributed by atoms with Gasteiger partial charge in [0.25, 0.3) is 0 Å². The minimum Gasteiger partial charge on any atom is -0.309 e. The van der Waals surface area contributed by atoms with Gasteiger partial charge >= 0.3 is 0 Å². The predicted octanol–water partition coefficient (Wildman–Crippen LogP) is 33.9. The summed E-state index contributed by atoms with van der Waals surface area (Å²) in [4.78, 5) is 30.1. The molecule has 7 aromatic heterocycles. The molecular formula is C136H84N9OP. The van der Waals surface area contributed by atoms with Gasteiger partial charge in [0.05, 0.1) is 49.7 Å². The lowest BCUT2D eigenvalue weighted by atomic mass is 9.87. The number of rotatable bonds is 10. The zero-order valence-corrected chi connectivity index (χ0v) is 80.3. The van der Waals surface area contributed by atoms with Crippen molar-refractivity contribution in [3.05, 3.63) is 510 Å². The number of para-hydroxylation sites is 6. The molecule has 31 aromatic rings. The Morgan fingerprint density at radius 1 is 0.156 bits per heavy atom. The first-order valence-corrected chi connectivity index (χ1v) is 51.6. The third-order valence-corrected chi connectivity index (χ3v) is 33.0. The van der Waals surface area contributed by atoms with E-state index in [1.165, 1.54) is 135 Å². The van der Waals surface area contributed by atoms with Crippen molar-refractivity contribution in [1.82, 2.24) is 43.1 Å². The Morgan fingerprint density at radius 2 is 0.435 bits per heavy atom. The summed E-state index contributed by atoms with van der Waals surface area (Å²) in [5.41, 5.74) is 24.8. The lowest BCUT2D eigenvalue weighted by molar-refractivity contribution is 0.592. The first-order valence-electron chi connectivity index (χ1n) is 49.9. The van der Waals surface area contributed by atoms with Crippen LogP contribution < -0.4 is 15.9 Å². The number of pyridine rings is 3. The highest BCUT2D eigenvalue weighted by molar-refractivity contribution is 7.85. The van der Waals surface area contributed by atoms with Crippen molar-refractivity contribution in [2.75, 3.05) is 0 Å². The summed E-state index contributed by atoms with van der Waals surface area (Å²) in [5.74, 6) is 1.95. The minimum atomic E-state index is -3.04. The zero-order chi connectivity index (χ0) is 96.9. The number of imidazole rings is 3. The van der Waals surface area contributed by atoms with Crippen molar-refractivity contribution in [2.45, 2.75) is 0 Å². The fourth-order valence-corrected chi connectivity index (χ4v) is 25.8. The monoisotopic (exact) mass is 1890 g/mol. The first-order chi connectivity index (χ1) is 72.8. The molecule has 0 N–H and O–H groups in total. The van der Waals surface area contributed by atoms with E-state index < -0.39 is 7.14 Å². The molecule has 7 heterocycles. The van der Waals surface area contributed by atoms with Crippen LogP contribution in [0.25, 0.3) is 269 Å². The van der Waals surface area contributed by atoms with E-state index in [-0.39, 0.29) is 0 Å². The molecule has 0 aliphatic heterocycles. The van der Waals surface area contributed by atoms with Crippen LogP contribution in [0.5, 0.6) is 0 Å². The summed E-state index contributed by atoms with van der Waals surface area (Å²) in [6, 6.07) is 180. The quantitative estimate of drug-likeness (QED) is 0.0991. The number of hydrogen-bond donors (Lipinski definition) is 0. The molecule has 31 rings (SSSR count). The van der Waals surface area contributed by atoms with E-state index in [1.807, 2.05) is 140 Å². The van der Waals surface area contributed by atoms with Crippen LogP contribution in [0.3, 0.4) is 0 Å². The Morgan fingerprint density at radius 3 is 0.857 bits per heavy atom. The Labute approximate surface area is 843 Å². The summed E-state index contributed by atoms with van der Waals surface area (Å²) >= 11 is 0. The van der Waals surface area contributed by atoms with Crippen molar-refractivity contribution in [3.63, 3.8) is 0 Å². The fourth-order valence-electron chi connectivity index (χ4n) is 23.1. The molecule has 684 valence electrons. The summed E-state index contributed by atoms with van der Waals surface area (Å²) in [6.07, 6.45) is 0. The fraction of sp³-hybridized carbons (Fsp3) is 0. The van der Waals surface area contributed by atoms with Gasteiger partial charge in [0.2, 0.25) is 0 Å². The third-order valence-electron chi connectivity index (χ3n) is 29.9. The molecule has 0 radical (unpaired) electrons. The third kappa shape index (κ3) is 13.8. The van der Waals surface area contributed by atoms with Gasteiger partial charge < -0.3 is 4.57 Å². The standard InChI is InChI=1S/C51H30N2.C44H27N5.C41H27N2OP/c1-2-15-35-31(12-1)24-26-42-49(35)45-29-33(25-27-47(45)53-48-23-10-9-22-46(48)52-51(42)53)32-13-11-14-34(28-32)43-30-44-38-18-4-3-16-36(38)37-17-5-7-20-40(37)50(44)41-21-8-6-19-39(41)43;1-3-12-30(13-4-1)41-46-42(31-14-5-2-6-15-31)48-43(47-41)32-21-19-28(20-22-32)33-24-26-38-36(27-33)40-34-16-8-7-11-29(34)23-25-35(40)44-45-37-17-9-10-18-39(37)49(38)44;44-45(31-12-3-1-4-13-31,32-14-5-2-6-15-32)33-23-19-28(20-24-33)30-22-26-38-36(27-30)40-34-16-8-7-11-29(34)21-25-35(40)41-42-37-17-9-10-18-39(37)43(38)41/h1-30H;1-27H;1-27H. The second-order valence-electron chi connectivity index (χ2n) is 38.1. The molecule has 0 fully saturated rings. The molecule has 0 saturated carbocycles. The van der Waals surface area contributed by atoms with Gasteiger partial charge in [-0.3, -0.25) is 13.2 Å². The van der Waals surface area contributed by atoms with E-state index >= 15 is 0 Å². The number of hydrogen-bond acceptors (Lipinski definition) is 7. The maximum atomic E-state index is 14.9. The highest BCUT2D eigenvalue weighted by atomic mass is 31.2. The van der Waals surface area contributed by atoms with E-state index in [2.05, 4.69) is 383 Å². The van der Waals surface area contributed by atoms with E-state index in [0.717, 1.165) is 132 Å². The van der Waals surface area contributed by atoms with Crippen LogP contribution >= 0.6 is 7.14 Å². The van der Waals surface area contributed by atoms with Gasteiger partial charge in [0.15, 0.2) is 24.6 Å². The first kappa shape index (κ1) is 84.6. The largest absolute Gasteiger partial charge is 0.309 e. The number of aromatic nitrogens is 9. The van der Waals surface area contributed by atoms with Crippen molar-refractivity contribution in [2.24, 2.45) is 0 Å². The van der Waals surface area contributed by atoms with Gasteiger partial charge in [-0.15, -0.1) is 0 Å². The van der Waals surface area contributed by atoms with Gasteiger partial charge in [-0.05, 0) is 223 Å². The topological polar surface area (TPSA) is 108 Å². The van der Waals surface area contributed by atoms with Crippen molar-refractivity contribution >= 4 is 214 Å². The van der Waals surface area contributed by atoms with Crippen molar-refractivity contribution in [3.8, 4) is 78.7 Å². The Bertz CT molecular complexity index is 10800. The van der Waals surface area contributed by atoms with Crippen LogP contribution in [-0.4, -0.2) is 43.1 Å². The molecule has 0 aliphatic rings. The lowest BCUT2D eigenvalue weighted by Gasteiger charge is -2.20. The summed E-state index contributed by atoms with van der Waals surface area (Å²) in [7, 11) is -3.04. The van der Waals surface area contributed by atoms with E-state index in [4.69, 9.17) is 29.9 Å². The molecule has 0 unspecified atom stereocenters. The van der Waals surface area contributed by atoms with Crippen molar-refractivity contribution < 1.29 is 4.57 Å². The molecule has 10 nitrogen and oxygen atoms in total. The highest BCUT2D eigenvalue weighted by Crippen LogP contribution is 2.49. The maximum Gasteiger partial charge on any atom is 0.171 e. The molecule has 0 saturated heterocycles. The maximum absolute atomic E-state index is 14.9. The Hall–Kier alpha value is -19.3. The van der Waals surface area contributed by atoms with Gasteiger partial charge in [-0.2, -0.15) is 0 Å². The second kappa shape index (κ2) is 34.3. The predicted molar refractivity (Wildman–Crippen MR) is 617 cm³/mol. The average Bonchev–Trinajstić information content (AvgIpc) is 1.67. The molecule has 0 aliphatic carbocycles. The van der Waals surface area contributed by atoms with Gasteiger partial charge in [0, 0.05) is 81.1 Å². The molecule has 0 bridgehead atoms. The molecule has 24 aromatic carbocycles. The van der Waals surface area contributed by atoms with Gasteiger partial charge in [0.1, 0.15) is 16.9 Å². The summed E-state index contributed by atoms with van der Waals surface area (Å²) < 4.78 is 21.9. The smallest absolute Gasteiger partial charge is 0.171 e. The van der Waals surface area contributed by atoms with Crippen LogP contribution in [0.2, 0.25) is 0 Å². The highest BCUT2D eigenvalue weighted by Gasteiger charge is 2.31. The summed E-state index contributed by atoms with van der Waals surface area (Å²) in [5, 5.41) is 30.9. The Balaban J connectivity index is 0.000000105. The molecule has 147 heavy (non-hydrogen) atoms. The van der Waals surface area contributed by atoms with Crippen LogP contribution in [0, 0.1) is 0 Å². The molecular weight excluding hydrogens is 1810 g/mol. The van der Waals surface area contributed by atoms with Crippen LogP contribution in [0.15, 0.2) is 510 Å². The zero-order valence-electron chi connectivity index (χ0n) is 79.4. The lowest BCUT2D eigenvalue weighted by Crippen LogP contribution is -2.24. The van der Waals surface area contributed by atoms with E-state index in [0.29, 0.717) is 17.5 Å². The van der Waals surface area contributed by atoms with Gasteiger partial charge in [-0.25, -0.2) is 29.9 Å². The second-order valence-corrected chi connectivity index (χ2v) is 40.9. The van der Waals surface area contributed by atoms with Gasteiger partial charge in [-0.1, -0.05) is 406 Å². The molecule has 0 atom stereocenters.